The number of carbonyl (C=O) groups is 1. The van der Waals surface area contributed by atoms with Crippen LogP contribution in [0.4, 0.5) is 20.2 Å². The second-order valence-electron chi connectivity index (χ2n) is 9.00. The Morgan fingerprint density at radius 3 is 2.34 bits per heavy atom. The Hall–Kier alpha value is -3.24. The van der Waals surface area contributed by atoms with Crippen LogP contribution in [0, 0.1) is 11.6 Å². The first-order valence-electron chi connectivity index (χ1n) is 11.2. The molecule has 1 aliphatic heterocycles. The molecule has 0 unspecified atom stereocenters. The average molecular weight is 506 g/mol. The summed E-state index contributed by atoms with van der Waals surface area (Å²) in [5.41, 5.74) is -1.66. The van der Waals surface area contributed by atoms with Crippen LogP contribution in [0.2, 0.25) is 5.02 Å². The number of anilines is 2. The van der Waals surface area contributed by atoms with Gasteiger partial charge in [-0.3, -0.25) is 14.3 Å². The van der Waals surface area contributed by atoms with Crippen molar-refractivity contribution in [3.05, 3.63) is 68.9 Å². The standard InChI is InChI=1S/C24H26ClF2N5O3/c1-6-29-20(12-33)28-32(23(29)35)19-11-18-14(10-17(19)27)22(34)31(24(4,5)30(18)13(2)3)21-15(25)8-7-9-16(21)26/h7-11,13,33H,6,12H2,1-5H3. The highest BCUT2D eigenvalue weighted by atomic mass is 35.5. The fourth-order valence-electron chi connectivity index (χ4n) is 4.87. The van der Waals surface area contributed by atoms with E-state index in [-0.39, 0.29) is 40.4 Å². The highest BCUT2D eigenvalue weighted by Crippen LogP contribution is 2.45. The summed E-state index contributed by atoms with van der Waals surface area (Å²) in [5.74, 6) is -2.10. The van der Waals surface area contributed by atoms with E-state index in [1.54, 1.807) is 20.8 Å². The van der Waals surface area contributed by atoms with E-state index < -0.39 is 35.5 Å². The van der Waals surface area contributed by atoms with Crippen molar-refractivity contribution >= 4 is 28.9 Å². The molecule has 0 saturated carbocycles. The quantitative estimate of drug-likeness (QED) is 0.564. The molecule has 1 amide bonds. The van der Waals surface area contributed by atoms with Crippen LogP contribution in [0.25, 0.3) is 5.69 Å². The minimum absolute atomic E-state index is 0.0102. The number of aromatic nitrogens is 3. The molecule has 0 atom stereocenters. The number of hydrogen-bond acceptors (Lipinski definition) is 5. The Bertz CT molecular complexity index is 1360. The Kier molecular flexibility index (Phi) is 6.23. The van der Waals surface area contributed by atoms with E-state index in [1.807, 2.05) is 18.7 Å². The van der Waals surface area contributed by atoms with E-state index >= 15 is 4.39 Å². The van der Waals surface area contributed by atoms with Crippen molar-refractivity contribution < 1.29 is 18.7 Å². The third-order valence-electron chi connectivity index (χ3n) is 6.20. The summed E-state index contributed by atoms with van der Waals surface area (Å²) in [7, 11) is 0. The van der Waals surface area contributed by atoms with Gasteiger partial charge in [0.1, 0.15) is 35.3 Å². The Morgan fingerprint density at radius 2 is 1.80 bits per heavy atom. The van der Waals surface area contributed by atoms with Gasteiger partial charge in [0.05, 0.1) is 16.3 Å². The first-order valence-corrected chi connectivity index (χ1v) is 11.5. The monoisotopic (exact) mass is 505 g/mol. The predicted octanol–water partition coefficient (Wildman–Crippen LogP) is 4.09. The summed E-state index contributed by atoms with van der Waals surface area (Å²) in [6.07, 6.45) is 0. The van der Waals surface area contributed by atoms with Crippen molar-refractivity contribution in [1.82, 2.24) is 14.3 Å². The summed E-state index contributed by atoms with van der Waals surface area (Å²) in [5, 5.41) is 13.7. The number of amides is 1. The molecule has 1 aliphatic rings. The molecule has 2 aromatic carbocycles. The number of para-hydroxylation sites is 1. The Morgan fingerprint density at radius 1 is 1.11 bits per heavy atom. The molecule has 3 aromatic rings. The molecule has 0 saturated heterocycles. The van der Waals surface area contributed by atoms with E-state index in [4.69, 9.17) is 11.6 Å². The van der Waals surface area contributed by atoms with Gasteiger partial charge in [0, 0.05) is 12.6 Å². The molecular formula is C24H26ClF2N5O3. The largest absolute Gasteiger partial charge is 0.388 e. The molecule has 1 N–H and O–H groups in total. The van der Waals surface area contributed by atoms with E-state index in [9.17, 15) is 19.1 Å². The van der Waals surface area contributed by atoms with Crippen LogP contribution in [-0.2, 0) is 13.2 Å². The zero-order chi connectivity index (χ0) is 25.8. The van der Waals surface area contributed by atoms with E-state index in [0.29, 0.717) is 5.69 Å². The topological polar surface area (TPSA) is 83.6 Å². The van der Waals surface area contributed by atoms with E-state index in [0.717, 1.165) is 10.7 Å². The number of nitrogens with zero attached hydrogens (tertiary/aromatic N) is 5. The minimum Gasteiger partial charge on any atom is -0.388 e. The van der Waals surface area contributed by atoms with Crippen molar-refractivity contribution in [1.29, 1.82) is 0 Å². The molecule has 0 spiro atoms. The van der Waals surface area contributed by atoms with Gasteiger partial charge < -0.3 is 10.0 Å². The van der Waals surface area contributed by atoms with Crippen LogP contribution in [0.15, 0.2) is 35.1 Å². The summed E-state index contributed by atoms with van der Waals surface area (Å²) < 4.78 is 32.5. The summed E-state index contributed by atoms with van der Waals surface area (Å²) in [6, 6.07) is 6.32. The molecule has 35 heavy (non-hydrogen) atoms. The molecule has 186 valence electrons. The number of carbonyl (C=O) groups excluding carboxylic acids is 1. The summed E-state index contributed by atoms with van der Waals surface area (Å²) in [4.78, 5) is 29.6. The molecule has 8 nitrogen and oxygen atoms in total. The molecule has 0 radical (unpaired) electrons. The lowest BCUT2D eigenvalue weighted by Gasteiger charge is -2.53. The summed E-state index contributed by atoms with van der Waals surface area (Å²) >= 11 is 6.31. The molecule has 2 heterocycles. The minimum atomic E-state index is -1.12. The zero-order valence-electron chi connectivity index (χ0n) is 20.0. The van der Waals surface area contributed by atoms with E-state index in [2.05, 4.69) is 5.10 Å². The summed E-state index contributed by atoms with van der Waals surface area (Å²) in [6.45, 7) is 8.69. The van der Waals surface area contributed by atoms with Crippen LogP contribution in [-0.4, -0.2) is 37.1 Å². The smallest absolute Gasteiger partial charge is 0.350 e. The molecule has 0 aliphatic carbocycles. The number of fused-ring (bicyclic) bond motifs is 1. The number of aliphatic hydroxyl groups excluding tert-OH is 1. The van der Waals surface area contributed by atoms with Gasteiger partial charge in [-0.1, -0.05) is 17.7 Å². The van der Waals surface area contributed by atoms with Gasteiger partial charge in [-0.05, 0) is 58.9 Å². The van der Waals surface area contributed by atoms with E-state index in [1.165, 1.54) is 33.7 Å². The highest BCUT2D eigenvalue weighted by Gasteiger charge is 2.47. The highest BCUT2D eigenvalue weighted by molar-refractivity contribution is 6.34. The maximum absolute atomic E-state index is 15.4. The molecule has 0 fully saturated rings. The average Bonchev–Trinajstić information content (AvgIpc) is 3.10. The van der Waals surface area contributed by atoms with Crippen molar-refractivity contribution in [2.45, 2.75) is 59.5 Å². The lowest BCUT2D eigenvalue weighted by molar-refractivity contribution is 0.0947. The Labute approximate surface area is 205 Å². The predicted molar refractivity (Wildman–Crippen MR) is 129 cm³/mol. The zero-order valence-corrected chi connectivity index (χ0v) is 20.8. The van der Waals surface area contributed by atoms with Gasteiger partial charge in [0.2, 0.25) is 0 Å². The van der Waals surface area contributed by atoms with Crippen LogP contribution < -0.4 is 15.5 Å². The second-order valence-corrected chi connectivity index (χ2v) is 9.41. The van der Waals surface area contributed by atoms with Crippen molar-refractivity contribution in [2.24, 2.45) is 0 Å². The molecule has 0 bridgehead atoms. The second kappa shape index (κ2) is 8.76. The number of benzene rings is 2. The van der Waals surface area contributed by atoms with Crippen molar-refractivity contribution in [2.75, 3.05) is 9.80 Å². The van der Waals surface area contributed by atoms with Crippen LogP contribution in [0.5, 0.6) is 0 Å². The number of hydrogen-bond donors (Lipinski definition) is 1. The van der Waals surface area contributed by atoms with Crippen molar-refractivity contribution in [3.63, 3.8) is 0 Å². The van der Waals surface area contributed by atoms with Gasteiger partial charge in [-0.2, -0.15) is 4.68 Å². The fraction of sp³-hybridized carbons (Fsp3) is 0.375. The number of aliphatic hydroxyl groups is 1. The first kappa shape index (κ1) is 24.9. The maximum Gasteiger partial charge on any atom is 0.350 e. The van der Waals surface area contributed by atoms with Gasteiger partial charge >= 0.3 is 5.69 Å². The van der Waals surface area contributed by atoms with Crippen LogP contribution in [0.3, 0.4) is 0 Å². The molecular weight excluding hydrogens is 480 g/mol. The Balaban J connectivity index is 2.00. The lowest BCUT2D eigenvalue weighted by Crippen LogP contribution is -2.65. The normalized spacial score (nSPS) is 15.2. The third-order valence-corrected chi connectivity index (χ3v) is 6.50. The van der Waals surface area contributed by atoms with Crippen LogP contribution in [0.1, 0.15) is 50.8 Å². The fourth-order valence-corrected chi connectivity index (χ4v) is 5.12. The van der Waals surface area contributed by atoms with Crippen LogP contribution >= 0.6 is 11.6 Å². The maximum atomic E-state index is 15.4. The number of halogens is 3. The van der Waals surface area contributed by atoms with Gasteiger partial charge in [0.15, 0.2) is 5.82 Å². The molecule has 11 heteroatoms. The van der Waals surface area contributed by atoms with Crippen molar-refractivity contribution in [3.8, 4) is 5.69 Å². The lowest BCUT2D eigenvalue weighted by atomic mass is 9.95. The third kappa shape index (κ3) is 3.71. The van der Waals surface area contributed by atoms with Gasteiger partial charge in [0.25, 0.3) is 5.91 Å². The van der Waals surface area contributed by atoms with Gasteiger partial charge in [-0.25, -0.2) is 13.6 Å². The SMILES string of the molecule is CCn1c(CO)nn(-c2cc3c(cc2F)C(=O)N(c2c(F)cccc2Cl)C(C)(C)N3C(C)C)c1=O. The number of rotatable bonds is 5. The molecule has 1 aromatic heterocycles. The first-order chi connectivity index (χ1) is 16.4. The molecule has 4 rings (SSSR count). The van der Waals surface area contributed by atoms with Gasteiger partial charge in [-0.15, -0.1) is 5.10 Å².